The number of benzene rings is 2. The highest BCUT2D eigenvalue weighted by Gasteiger charge is 2.48. The number of phenolic OH excluding ortho intramolecular Hbond substituents is 1. The molecule has 0 saturated carbocycles. The van der Waals surface area contributed by atoms with Crippen molar-refractivity contribution < 1.29 is 49.0 Å². The minimum atomic E-state index is -1.94. The largest absolute Gasteiger partial charge is 0.502 e. The number of aliphatic hydroxyl groups is 3. The van der Waals surface area contributed by atoms with Crippen LogP contribution in [-0.4, -0.2) is 69.3 Å². The van der Waals surface area contributed by atoms with Crippen LogP contribution < -0.4 is 14.9 Å². The third kappa shape index (κ3) is 3.98. The molecule has 0 radical (unpaired) electrons. The topological polar surface area (TPSA) is 176 Å². The summed E-state index contributed by atoms with van der Waals surface area (Å²) in [5.41, 5.74) is -0.0474. The first-order valence-electron chi connectivity index (χ1n) is 9.75. The minimum absolute atomic E-state index is 0.0355. The van der Waals surface area contributed by atoms with E-state index < -0.39 is 53.6 Å². The highest BCUT2D eigenvalue weighted by atomic mass is 16.7. The lowest BCUT2D eigenvalue weighted by Gasteiger charge is -2.38. The average Bonchev–Trinajstić information content (AvgIpc) is 2.80. The predicted octanol–water partition coefficient (Wildman–Crippen LogP) is 0.445. The fourth-order valence-corrected chi connectivity index (χ4v) is 3.54. The van der Waals surface area contributed by atoms with Gasteiger partial charge in [-0.05, 0) is 0 Å². The Morgan fingerprint density at radius 3 is 2.36 bits per heavy atom. The monoisotopic (exact) mass is 460 g/mol. The molecule has 11 heteroatoms. The first kappa shape index (κ1) is 22.6. The van der Waals surface area contributed by atoms with Crippen LogP contribution in [0.15, 0.2) is 51.7 Å². The number of carboxylic acid groups (broad SMARTS) is 1. The summed E-state index contributed by atoms with van der Waals surface area (Å²) in [4.78, 5) is 24.3. The lowest BCUT2D eigenvalue weighted by molar-refractivity contribution is -0.271. The zero-order valence-electron chi connectivity index (χ0n) is 17.1. The Kier molecular flexibility index (Phi) is 5.95. The third-order valence-corrected chi connectivity index (χ3v) is 5.24. The number of carboxylic acids is 1. The number of fused-ring (bicyclic) bond motifs is 1. The molecule has 3 aromatic rings. The molecule has 1 aromatic heterocycles. The molecule has 2 aromatic carbocycles. The van der Waals surface area contributed by atoms with E-state index >= 15 is 0 Å². The van der Waals surface area contributed by atoms with Crippen molar-refractivity contribution in [2.45, 2.75) is 30.7 Å². The lowest BCUT2D eigenvalue weighted by Crippen LogP contribution is -2.61. The van der Waals surface area contributed by atoms with Crippen LogP contribution in [0.4, 0.5) is 0 Å². The van der Waals surface area contributed by atoms with Crippen LogP contribution in [0.3, 0.4) is 0 Å². The highest BCUT2D eigenvalue weighted by Crippen LogP contribution is 2.43. The van der Waals surface area contributed by atoms with Crippen LogP contribution >= 0.6 is 0 Å². The number of carbonyl (C=O) groups is 1. The van der Waals surface area contributed by atoms with E-state index in [9.17, 15) is 35.1 Å². The fourth-order valence-electron chi connectivity index (χ4n) is 3.54. The fraction of sp³-hybridized carbons (Fsp3) is 0.273. The molecule has 1 aliphatic rings. The van der Waals surface area contributed by atoms with Gasteiger partial charge in [0.05, 0.1) is 7.11 Å². The normalized spacial score (nSPS) is 25.0. The van der Waals surface area contributed by atoms with Crippen molar-refractivity contribution in [3.63, 3.8) is 0 Å². The third-order valence-electron chi connectivity index (χ3n) is 5.24. The van der Waals surface area contributed by atoms with E-state index in [1.54, 1.807) is 30.3 Å². The van der Waals surface area contributed by atoms with Crippen molar-refractivity contribution in [1.29, 1.82) is 0 Å². The van der Waals surface area contributed by atoms with Crippen molar-refractivity contribution in [2.24, 2.45) is 0 Å². The van der Waals surface area contributed by atoms with Gasteiger partial charge < -0.3 is 44.2 Å². The summed E-state index contributed by atoms with van der Waals surface area (Å²) in [6, 6.07) is 11.2. The molecule has 11 nitrogen and oxygen atoms in total. The molecule has 1 aliphatic heterocycles. The number of aliphatic hydroxyl groups excluding tert-OH is 3. The van der Waals surface area contributed by atoms with Crippen LogP contribution in [0.2, 0.25) is 0 Å². The van der Waals surface area contributed by atoms with Gasteiger partial charge in [0.2, 0.25) is 12.0 Å². The Labute approximate surface area is 185 Å². The molecule has 2 heterocycles. The Hall–Kier alpha value is -3.64. The number of rotatable bonds is 5. The molecule has 0 bridgehead atoms. The van der Waals surface area contributed by atoms with Gasteiger partial charge >= 0.3 is 5.97 Å². The maximum absolute atomic E-state index is 13.0. The smallest absolute Gasteiger partial charge is 0.335 e. The van der Waals surface area contributed by atoms with E-state index in [1.807, 2.05) is 0 Å². The Morgan fingerprint density at radius 1 is 1.03 bits per heavy atom. The molecule has 1 fully saturated rings. The van der Waals surface area contributed by atoms with Crippen LogP contribution in [0.5, 0.6) is 17.2 Å². The quantitative estimate of drug-likeness (QED) is 0.357. The second kappa shape index (κ2) is 8.71. The van der Waals surface area contributed by atoms with Crippen molar-refractivity contribution in [3.05, 3.63) is 52.7 Å². The van der Waals surface area contributed by atoms with E-state index in [0.717, 1.165) is 0 Å². The molecule has 0 amide bonds. The van der Waals surface area contributed by atoms with Gasteiger partial charge in [0, 0.05) is 17.7 Å². The van der Waals surface area contributed by atoms with Gasteiger partial charge in [-0.3, -0.25) is 4.79 Å². The van der Waals surface area contributed by atoms with Gasteiger partial charge in [0.15, 0.2) is 23.0 Å². The van der Waals surface area contributed by atoms with Gasteiger partial charge in [-0.1, -0.05) is 30.3 Å². The molecule has 174 valence electrons. The Bertz CT molecular complexity index is 1240. The number of hydrogen-bond acceptors (Lipinski definition) is 10. The first-order valence-corrected chi connectivity index (χ1v) is 9.75. The molecule has 0 unspecified atom stereocenters. The van der Waals surface area contributed by atoms with Crippen LogP contribution in [0.1, 0.15) is 0 Å². The van der Waals surface area contributed by atoms with E-state index in [2.05, 4.69) is 0 Å². The molecule has 5 atom stereocenters. The summed E-state index contributed by atoms with van der Waals surface area (Å²) >= 11 is 0. The molecule has 5 N–H and O–H groups in total. The van der Waals surface area contributed by atoms with Gasteiger partial charge in [-0.2, -0.15) is 0 Å². The van der Waals surface area contributed by atoms with Gasteiger partial charge in [-0.25, -0.2) is 4.79 Å². The van der Waals surface area contributed by atoms with Crippen molar-refractivity contribution >= 4 is 16.9 Å². The SMILES string of the molecule is COc1cc2oc(-c3ccccc3)cc(=O)c2c(O[C@@H]2O[C@@H](C(=O)O)[C@@H](O)[C@H](O)[C@H]2O)c1O. The Morgan fingerprint density at radius 2 is 1.73 bits per heavy atom. The summed E-state index contributed by atoms with van der Waals surface area (Å²) in [7, 11) is 1.25. The predicted molar refractivity (Wildman–Crippen MR) is 111 cm³/mol. The minimum Gasteiger partial charge on any atom is -0.502 e. The number of aliphatic carboxylic acids is 1. The standard InChI is InChI=1S/C22H20O11/c1-30-13-8-12-14(10(23)7-11(31-12)9-5-3-2-4-6-9)19(15(13)24)32-22-18(27)16(25)17(26)20(33-22)21(28)29/h2-8,16-18,20,22,24-27H,1H3,(H,28,29)/t16-,17-,18+,20+,22+/m0/s1. The number of aromatic hydroxyl groups is 1. The number of methoxy groups -OCH3 is 1. The Balaban J connectivity index is 1.84. The summed E-state index contributed by atoms with van der Waals surface area (Å²) in [6.45, 7) is 0. The van der Waals surface area contributed by atoms with Gasteiger partial charge in [0.1, 0.15) is 35.0 Å². The second-order valence-corrected chi connectivity index (χ2v) is 7.32. The number of ether oxygens (including phenoxy) is 3. The highest BCUT2D eigenvalue weighted by molar-refractivity contribution is 5.90. The summed E-state index contributed by atoms with van der Waals surface area (Å²) in [5.74, 6) is -2.70. The molecule has 33 heavy (non-hydrogen) atoms. The molecular weight excluding hydrogens is 440 g/mol. The molecular formula is C22H20O11. The second-order valence-electron chi connectivity index (χ2n) is 7.32. The van der Waals surface area contributed by atoms with Crippen molar-refractivity contribution in [1.82, 2.24) is 0 Å². The number of hydrogen-bond donors (Lipinski definition) is 5. The summed E-state index contributed by atoms with van der Waals surface area (Å²) < 4.78 is 21.5. The zero-order valence-corrected chi connectivity index (χ0v) is 17.1. The van der Waals surface area contributed by atoms with Gasteiger partial charge in [0.25, 0.3) is 0 Å². The van der Waals surface area contributed by atoms with E-state index in [-0.39, 0.29) is 22.5 Å². The molecule has 0 aliphatic carbocycles. The van der Waals surface area contributed by atoms with E-state index in [4.69, 9.17) is 18.6 Å². The molecule has 0 spiro atoms. The van der Waals surface area contributed by atoms with Crippen LogP contribution in [0.25, 0.3) is 22.3 Å². The lowest BCUT2D eigenvalue weighted by atomic mass is 9.99. The molecule has 1 saturated heterocycles. The van der Waals surface area contributed by atoms with Crippen molar-refractivity contribution in [2.75, 3.05) is 7.11 Å². The van der Waals surface area contributed by atoms with E-state index in [0.29, 0.717) is 5.56 Å². The summed E-state index contributed by atoms with van der Waals surface area (Å²) in [6.07, 6.45) is -9.59. The number of phenols is 1. The van der Waals surface area contributed by atoms with Crippen molar-refractivity contribution in [3.8, 4) is 28.6 Å². The van der Waals surface area contributed by atoms with E-state index in [1.165, 1.54) is 19.2 Å². The average molecular weight is 460 g/mol. The molecule has 4 rings (SSSR count). The maximum Gasteiger partial charge on any atom is 0.335 e. The maximum atomic E-state index is 13.0. The zero-order chi connectivity index (χ0) is 23.9. The van der Waals surface area contributed by atoms with Crippen LogP contribution in [-0.2, 0) is 9.53 Å². The summed E-state index contributed by atoms with van der Waals surface area (Å²) in [5, 5.41) is 49.7. The first-order chi connectivity index (χ1) is 15.7. The van der Waals surface area contributed by atoms with Crippen LogP contribution in [0, 0.1) is 0 Å². The van der Waals surface area contributed by atoms with Gasteiger partial charge in [-0.15, -0.1) is 0 Å².